The predicted molar refractivity (Wildman–Crippen MR) is 96.9 cm³/mol. The lowest BCUT2D eigenvalue weighted by Gasteiger charge is -2.09. The Morgan fingerprint density at radius 1 is 1.23 bits per heavy atom. The number of aryl methyl sites for hydroxylation is 1. The Bertz CT molecular complexity index is 936. The summed E-state index contributed by atoms with van der Waals surface area (Å²) >= 11 is 5.77. The molecule has 26 heavy (non-hydrogen) atoms. The summed E-state index contributed by atoms with van der Waals surface area (Å²) in [6, 6.07) is 9.42. The Morgan fingerprint density at radius 3 is 2.81 bits per heavy atom. The zero-order chi connectivity index (χ0) is 18.5. The number of carbonyl (C=O) groups excluding carboxylic acids is 1. The first-order valence-corrected chi connectivity index (χ1v) is 8.14. The van der Waals surface area contributed by atoms with Crippen LogP contribution in [-0.2, 0) is 6.54 Å². The number of nitrogens with zero attached hydrogens (tertiary/aromatic N) is 3. The molecule has 0 radical (unpaired) electrons. The van der Waals surface area contributed by atoms with Crippen LogP contribution in [0.3, 0.4) is 0 Å². The van der Waals surface area contributed by atoms with Gasteiger partial charge >= 0.3 is 0 Å². The first kappa shape index (κ1) is 17.8. The van der Waals surface area contributed by atoms with E-state index in [0.717, 1.165) is 5.56 Å². The minimum atomic E-state index is -0.516. The Morgan fingerprint density at radius 2 is 2.08 bits per heavy atom. The molecule has 0 bridgehead atoms. The standard InChI is InChI=1S/C18H15ClFN5O/c1-11-7-16(17(26)22-10-12-3-2-6-21-9-12)25-18(23-11)24-13-4-5-15(20)14(19)8-13/h2-9H,10H2,1H3,(H,22,26)(H,23,24,25). The summed E-state index contributed by atoms with van der Waals surface area (Å²) in [5, 5.41) is 5.68. The van der Waals surface area contributed by atoms with Crippen LogP contribution < -0.4 is 10.6 Å². The summed E-state index contributed by atoms with van der Waals surface area (Å²) in [7, 11) is 0. The number of aromatic nitrogens is 3. The first-order chi connectivity index (χ1) is 12.5. The Kier molecular flexibility index (Phi) is 5.38. The van der Waals surface area contributed by atoms with Gasteiger partial charge in [0.25, 0.3) is 5.91 Å². The van der Waals surface area contributed by atoms with Crippen molar-refractivity contribution in [2.24, 2.45) is 0 Å². The van der Waals surface area contributed by atoms with Crippen LogP contribution in [0.5, 0.6) is 0 Å². The van der Waals surface area contributed by atoms with Crippen molar-refractivity contribution in [1.29, 1.82) is 0 Å². The summed E-state index contributed by atoms with van der Waals surface area (Å²) in [6.07, 6.45) is 3.34. The van der Waals surface area contributed by atoms with E-state index in [-0.39, 0.29) is 22.6 Å². The van der Waals surface area contributed by atoms with Crippen molar-refractivity contribution >= 4 is 29.1 Å². The second kappa shape index (κ2) is 7.88. The lowest BCUT2D eigenvalue weighted by Crippen LogP contribution is -2.24. The summed E-state index contributed by atoms with van der Waals surface area (Å²) < 4.78 is 13.2. The fourth-order valence-corrected chi connectivity index (χ4v) is 2.40. The van der Waals surface area contributed by atoms with Crippen LogP contribution in [0, 0.1) is 12.7 Å². The average molecular weight is 372 g/mol. The maximum Gasteiger partial charge on any atom is 0.270 e. The van der Waals surface area contributed by atoms with E-state index in [0.29, 0.717) is 17.9 Å². The highest BCUT2D eigenvalue weighted by Gasteiger charge is 2.11. The summed E-state index contributed by atoms with van der Waals surface area (Å²) in [5.74, 6) is -0.628. The molecule has 2 heterocycles. The third-order valence-corrected chi connectivity index (χ3v) is 3.73. The molecule has 2 aromatic heterocycles. The number of hydrogen-bond donors (Lipinski definition) is 2. The number of hydrogen-bond acceptors (Lipinski definition) is 5. The van der Waals surface area contributed by atoms with Gasteiger partial charge in [0.1, 0.15) is 11.5 Å². The molecule has 1 amide bonds. The third-order valence-electron chi connectivity index (χ3n) is 3.44. The fourth-order valence-electron chi connectivity index (χ4n) is 2.22. The van der Waals surface area contributed by atoms with Crippen LogP contribution in [0.4, 0.5) is 16.0 Å². The molecule has 0 aliphatic rings. The zero-order valence-corrected chi connectivity index (χ0v) is 14.6. The van der Waals surface area contributed by atoms with Crippen molar-refractivity contribution < 1.29 is 9.18 Å². The van der Waals surface area contributed by atoms with Crippen molar-refractivity contribution in [1.82, 2.24) is 20.3 Å². The van der Waals surface area contributed by atoms with Gasteiger partial charge in [-0.05, 0) is 42.8 Å². The monoisotopic (exact) mass is 371 g/mol. The van der Waals surface area contributed by atoms with Gasteiger partial charge in [0.2, 0.25) is 5.95 Å². The van der Waals surface area contributed by atoms with E-state index < -0.39 is 5.82 Å². The van der Waals surface area contributed by atoms with Crippen LogP contribution >= 0.6 is 11.6 Å². The Balaban J connectivity index is 1.74. The number of halogens is 2. The molecule has 0 unspecified atom stereocenters. The molecule has 1 aromatic carbocycles. The normalized spacial score (nSPS) is 10.4. The highest BCUT2D eigenvalue weighted by atomic mass is 35.5. The molecule has 0 spiro atoms. The van der Waals surface area contributed by atoms with Crippen molar-refractivity contribution in [3.8, 4) is 0 Å². The first-order valence-electron chi connectivity index (χ1n) is 7.76. The number of amides is 1. The third kappa shape index (κ3) is 4.52. The molecule has 2 N–H and O–H groups in total. The van der Waals surface area contributed by atoms with E-state index >= 15 is 0 Å². The van der Waals surface area contributed by atoms with E-state index in [9.17, 15) is 9.18 Å². The van der Waals surface area contributed by atoms with Crippen LogP contribution in [0.15, 0.2) is 48.8 Å². The van der Waals surface area contributed by atoms with E-state index in [4.69, 9.17) is 11.6 Å². The maximum absolute atomic E-state index is 13.2. The number of nitrogens with one attached hydrogen (secondary N) is 2. The van der Waals surface area contributed by atoms with Gasteiger partial charge in [0.05, 0.1) is 5.02 Å². The van der Waals surface area contributed by atoms with Gasteiger partial charge in [-0.1, -0.05) is 17.7 Å². The molecular weight excluding hydrogens is 357 g/mol. The van der Waals surface area contributed by atoms with E-state index in [1.807, 2.05) is 6.07 Å². The average Bonchev–Trinajstić information content (AvgIpc) is 2.63. The summed E-state index contributed by atoms with van der Waals surface area (Å²) in [5.41, 5.74) is 2.23. The molecule has 0 aliphatic carbocycles. The zero-order valence-electron chi connectivity index (χ0n) is 13.8. The van der Waals surface area contributed by atoms with Gasteiger partial charge in [-0.2, -0.15) is 0 Å². The fraction of sp³-hybridized carbons (Fsp3) is 0.111. The maximum atomic E-state index is 13.2. The highest BCUT2D eigenvalue weighted by molar-refractivity contribution is 6.31. The van der Waals surface area contributed by atoms with Gasteiger partial charge < -0.3 is 10.6 Å². The van der Waals surface area contributed by atoms with Crippen molar-refractivity contribution in [3.05, 3.63) is 76.6 Å². The van der Waals surface area contributed by atoms with Gasteiger partial charge in [-0.25, -0.2) is 14.4 Å². The van der Waals surface area contributed by atoms with Crippen LogP contribution in [-0.4, -0.2) is 20.9 Å². The van der Waals surface area contributed by atoms with Crippen molar-refractivity contribution in [2.75, 3.05) is 5.32 Å². The molecule has 6 nitrogen and oxygen atoms in total. The Hall–Kier alpha value is -3.06. The van der Waals surface area contributed by atoms with Crippen LogP contribution in [0.25, 0.3) is 0 Å². The second-order valence-electron chi connectivity index (χ2n) is 5.52. The van der Waals surface area contributed by atoms with Crippen LogP contribution in [0.2, 0.25) is 5.02 Å². The molecule has 3 aromatic rings. The van der Waals surface area contributed by atoms with Crippen LogP contribution in [0.1, 0.15) is 21.7 Å². The van der Waals surface area contributed by atoms with Gasteiger partial charge in [-0.15, -0.1) is 0 Å². The lowest BCUT2D eigenvalue weighted by molar-refractivity contribution is 0.0945. The predicted octanol–water partition coefficient (Wildman–Crippen LogP) is 3.65. The smallest absolute Gasteiger partial charge is 0.270 e. The molecular formula is C18H15ClFN5O. The number of rotatable bonds is 5. The summed E-state index contributed by atoms with van der Waals surface area (Å²) in [4.78, 5) is 24.8. The van der Waals surface area contributed by atoms with Crippen molar-refractivity contribution in [3.63, 3.8) is 0 Å². The SMILES string of the molecule is Cc1cc(C(=O)NCc2cccnc2)nc(Nc2ccc(F)c(Cl)c2)n1. The molecule has 132 valence electrons. The van der Waals surface area contributed by atoms with Gasteiger partial charge in [0.15, 0.2) is 0 Å². The number of benzene rings is 1. The molecule has 0 aliphatic heterocycles. The topological polar surface area (TPSA) is 79.8 Å². The molecule has 0 fully saturated rings. The minimum Gasteiger partial charge on any atom is -0.347 e. The number of pyridine rings is 1. The van der Waals surface area contributed by atoms with E-state index in [1.54, 1.807) is 31.5 Å². The van der Waals surface area contributed by atoms with Gasteiger partial charge in [0, 0.05) is 30.3 Å². The molecule has 8 heteroatoms. The number of carbonyl (C=O) groups is 1. The molecule has 3 rings (SSSR count). The quantitative estimate of drug-likeness (QED) is 0.715. The number of anilines is 2. The highest BCUT2D eigenvalue weighted by Crippen LogP contribution is 2.21. The minimum absolute atomic E-state index is 0.0166. The molecule has 0 saturated heterocycles. The van der Waals surface area contributed by atoms with E-state index in [1.165, 1.54) is 18.2 Å². The lowest BCUT2D eigenvalue weighted by atomic mass is 10.2. The largest absolute Gasteiger partial charge is 0.347 e. The van der Waals surface area contributed by atoms with E-state index in [2.05, 4.69) is 25.6 Å². The second-order valence-corrected chi connectivity index (χ2v) is 5.92. The van der Waals surface area contributed by atoms with Gasteiger partial charge in [-0.3, -0.25) is 9.78 Å². The van der Waals surface area contributed by atoms with Crippen molar-refractivity contribution in [2.45, 2.75) is 13.5 Å². The Labute approximate surface area is 154 Å². The molecule has 0 atom stereocenters. The summed E-state index contributed by atoms with van der Waals surface area (Å²) in [6.45, 7) is 2.09. The molecule has 0 saturated carbocycles.